The molecule has 0 saturated carbocycles. The number of amides is 1. The third kappa shape index (κ3) is 3.21. The highest BCUT2D eigenvalue weighted by molar-refractivity contribution is 5.91. The van der Waals surface area contributed by atoms with E-state index < -0.39 is 5.91 Å². The van der Waals surface area contributed by atoms with E-state index in [-0.39, 0.29) is 5.69 Å². The lowest BCUT2D eigenvalue weighted by Crippen LogP contribution is -2.13. The van der Waals surface area contributed by atoms with Gasteiger partial charge in [-0.2, -0.15) is 0 Å². The van der Waals surface area contributed by atoms with Crippen molar-refractivity contribution >= 4 is 5.91 Å². The number of hydrogen-bond acceptors (Lipinski definition) is 4. The Morgan fingerprint density at radius 2 is 1.83 bits per heavy atom. The number of aromatic nitrogens is 3. The molecule has 2 N–H and O–H groups in total. The molecule has 1 aromatic heterocycles. The second-order valence-electron chi connectivity index (χ2n) is 5.07. The number of ether oxygens (including phenoxy) is 1. The summed E-state index contributed by atoms with van der Waals surface area (Å²) in [7, 11) is 0. The minimum Gasteiger partial charge on any atom is -0.489 e. The van der Waals surface area contributed by atoms with Gasteiger partial charge in [0.05, 0.1) is 11.4 Å². The lowest BCUT2D eigenvalue weighted by molar-refractivity contribution is 0.0995. The van der Waals surface area contributed by atoms with Gasteiger partial charge in [0.1, 0.15) is 12.4 Å². The van der Waals surface area contributed by atoms with Gasteiger partial charge in [0.2, 0.25) is 0 Å². The Morgan fingerprint density at radius 1 is 1.13 bits per heavy atom. The van der Waals surface area contributed by atoms with E-state index in [4.69, 9.17) is 10.5 Å². The van der Waals surface area contributed by atoms with E-state index in [2.05, 4.69) is 10.3 Å². The summed E-state index contributed by atoms with van der Waals surface area (Å²) in [5, 5.41) is 7.75. The van der Waals surface area contributed by atoms with E-state index in [1.165, 1.54) is 0 Å². The molecule has 6 heteroatoms. The van der Waals surface area contributed by atoms with Gasteiger partial charge in [-0.05, 0) is 36.8 Å². The van der Waals surface area contributed by atoms with Crippen molar-refractivity contribution in [3.63, 3.8) is 0 Å². The molecule has 0 spiro atoms. The lowest BCUT2D eigenvalue weighted by Gasteiger charge is -2.08. The number of hydrogen-bond donors (Lipinski definition) is 1. The summed E-state index contributed by atoms with van der Waals surface area (Å²) in [4.78, 5) is 11.2. The molecule has 3 rings (SSSR count). The molecule has 116 valence electrons. The van der Waals surface area contributed by atoms with Crippen LogP contribution in [-0.4, -0.2) is 20.9 Å². The third-order valence-electron chi connectivity index (χ3n) is 3.46. The molecule has 0 aliphatic heterocycles. The van der Waals surface area contributed by atoms with Crippen LogP contribution in [0.1, 0.15) is 21.7 Å². The monoisotopic (exact) mass is 308 g/mol. The molecule has 0 saturated heterocycles. The van der Waals surface area contributed by atoms with Crippen molar-refractivity contribution < 1.29 is 9.53 Å². The van der Waals surface area contributed by atoms with Crippen LogP contribution in [0.3, 0.4) is 0 Å². The Labute approximate surface area is 133 Å². The highest BCUT2D eigenvalue weighted by Gasteiger charge is 2.14. The molecular weight excluding hydrogens is 292 g/mol. The van der Waals surface area contributed by atoms with Gasteiger partial charge in [-0.15, -0.1) is 5.10 Å². The molecule has 2 aromatic carbocycles. The normalized spacial score (nSPS) is 10.5. The zero-order chi connectivity index (χ0) is 16.2. The summed E-state index contributed by atoms with van der Waals surface area (Å²) in [6.45, 7) is 2.26. The van der Waals surface area contributed by atoms with E-state index in [1.807, 2.05) is 54.6 Å². The van der Waals surface area contributed by atoms with Crippen LogP contribution in [-0.2, 0) is 6.61 Å². The average molecular weight is 308 g/mol. The molecule has 6 nitrogen and oxygen atoms in total. The predicted octanol–water partition coefficient (Wildman–Crippen LogP) is 2.25. The fourth-order valence-electron chi connectivity index (χ4n) is 2.23. The van der Waals surface area contributed by atoms with Crippen LogP contribution >= 0.6 is 0 Å². The number of benzene rings is 2. The Morgan fingerprint density at radius 3 is 2.43 bits per heavy atom. The van der Waals surface area contributed by atoms with Gasteiger partial charge in [-0.1, -0.05) is 35.5 Å². The molecule has 0 bridgehead atoms. The Hall–Kier alpha value is -3.15. The van der Waals surface area contributed by atoms with Crippen molar-refractivity contribution in [3.05, 3.63) is 71.5 Å². The van der Waals surface area contributed by atoms with Gasteiger partial charge in [0, 0.05) is 0 Å². The molecule has 0 aliphatic rings. The van der Waals surface area contributed by atoms with Gasteiger partial charge >= 0.3 is 0 Å². The first-order valence-corrected chi connectivity index (χ1v) is 7.14. The first kappa shape index (κ1) is 14.8. The molecule has 0 fully saturated rings. The van der Waals surface area contributed by atoms with Gasteiger partial charge in [0.25, 0.3) is 5.91 Å². The number of rotatable bonds is 5. The second kappa shape index (κ2) is 6.31. The number of nitrogens with two attached hydrogens (primary N) is 1. The largest absolute Gasteiger partial charge is 0.489 e. The minimum atomic E-state index is -0.587. The van der Waals surface area contributed by atoms with Gasteiger partial charge in [-0.25, -0.2) is 4.68 Å². The van der Waals surface area contributed by atoms with Crippen molar-refractivity contribution in [1.82, 2.24) is 15.0 Å². The van der Waals surface area contributed by atoms with Crippen molar-refractivity contribution in [2.45, 2.75) is 13.5 Å². The zero-order valence-electron chi connectivity index (χ0n) is 12.6. The maximum atomic E-state index is 11.2. The van der Waals surface area contributed by atoms with Crippen molar-refractivity contribution in [1.29, 1.82) is 0 Å². The summed E-state index contributed by atoms with van der Waals surface area (Å²) in [6.07, 6.45) is 0. The van der Waals surface area contributed by atoms with Crippen LogP contribution < -0.4 is 10.5 Å². The topological polar surface area (TPSA) is 83.0 Å². The van der Waals surface area contributed by atoms with Gasteiger partial charge in [0.15, 0.2) is 5.69 Å². The number of carbonyl (C=O) groups is 1. The molecular formula is C17H16N4O2. The average Bonchev–Trinajstić information content (AvgIpc) is 2.96. The fraction of sp³-hybridized carbons (Fsp3) is 0.118. The summed E-state index contributed by atoms with van der Waals surface area (Å²) >= 11 is 0. The number of nitrogens with zero attached hydrogens (tertiary/aromatic N) is 3. The maximum Gasteiger partial charge on any atom is 0.271 e. The van der Waals surface area contributed by atoms with Crippen LogP contribution in [0.15, 0.2) is 54.6 Å². The van der Waals surface area contributed by atoms with Crippen LogP contribution in [0.4, 0.5) is 0 Å². The summed E-state index contributed by atoms with van der Waals surface area (Å²) in [5.74, 6) is 0.169. The zero-order valence-corrected chi connectivity index (χ0v) is 12.6. The van der Waals surface area contributed by atoms with Crippen LogP contribution in [0.25, 0.3) is 5.69 Å². The lowest BCUT2D eigenvalue weighted by atomic mass is 10.2. The Balaban J connectivity index is 1.73. The minimum absolute atomic E-state index is 0.175. The van der Waals surface area contributed by atoms with E-state index in [0.717, 1.165) is 17.0 Å². The number of primary amides is 1. The molecule has 0 unspecified atom stereocenters. The maximum absolute atomic E-state index is 11.2. The van der Waals surface area contributed by atoms with Crippen molar-refractivity contribution in [2.75, 3.05) is 0 Å². The Bertz CT molecular complexity index is 810. The van der Waals surface area contributed by atoms with Gasteiger partial charge in [-0.3, -0.25) is 4.79 Å². The molecule has 1 amide bonds. The Kier molecular flexibility index (Phi) is 4.05. The molecule has 3 aromatic rings. The molecule has 0 atom stereocenters. The summed E-state index contributed by atoms with van der Waals surface area (Å²) in [6, 6.07) is 17.4. The standard InChI is InChI=1S/C17H16N4O2/c1-12-16(17(18)22)19-20-21(12)14-7-9-15(10-8-14)23-11-13-5-3-2-4-6-13/h2-10H,11H2,1H3,(H2,18,22). The van der Waals surface area contributed by atoms with Crippen LogP contribution in [0.5, 0.6) is 5.75 Å². The molecule has 0 aliphatic carbocycles. The van der Waals surface area contributed by atoms with E-state index in [0.29, 0.717) is 12.3 Å². The molecule has 1 heterocycles. The van der Waals surface area contributed by atoms with Gasteiger partial charge < -0.3 is 10.5 Å². The predicted molar refractivity (Wildman–Crippen MR) is 85.4 cm³/mol. The van der Waals surface area contributed by atoms with Crippen LogP contribution in [0, 0.1) is 6.92 Å². The third-order valence-corrected chi connectivity index (χ3v) is 3.46. The van der Waals surface area contributed by atoms with Crippen molar-refractivity contribution in [3.8, 4) is 11.4 Å². The highest BCUT2D eigenvalue weighted by atomic mass is 16.5. The van der Waals surface area contributed by atoms with E-state index in [9.17, 15) is 4.79 Å². The van der Waals surface area contributed by atoms with Crippen molar-refractivity contribution in [2.24, 2.45) is 5.73 Å². The summed E-state index contributed by atoms with van der Waals surface area (Å²) in [5.41, 5.74) is 7.93. The highest BCUT2D eigenvalue weighted by Crippen LogP contribution is 2.18. The quantitative estimate of drug-likeness (QED) is 0.783. The fourth-order valence-corrected chi connectivity index (χ4v) is 2.23. The first-order chi connectivity index (χ1) is 11.1. The van der Waals surface area contributed by atoms with E-state index >= 15 is 0 Å². The number of carbonyl (C=O) groups excluding carboxylic acids is 1. The molecule has 0 radical (unpaired) electrons. The first-order valence-electron chi connectivity index (χ1n) is 7.14. The smallest absolute Gasteiger partial charge is 0.271 e. The summed E-state index contributed by atoms with van der Waals surface area (Å²) < 4.78 is 7.31. The SMILES string of the molecule is Cc1c(C(N)=O)nnn1-c1ccc(OCc2ccccc2)cc1. The van der Waals surface area contributed by atoms with E-state index in [1.54, 1.807) is 11.6 Å². The second-order valence-corrected chi connectivity index (χ2v) is 5.07. The van der Waals surface area contributed by atoms with Crippen LogP contribution in [0.2, 0.25) is 0 Å². The molecule has 23 heavy (non-hydrogen) atoms.